The van der Waals surface area contributed by atoms with E-state index in [9.17, 15) is 0 Å². The lowest BCUT2D eigenvalue weighted by molar-refractivity contribution is 0.414. The lowest BCUT2D eigenvalue weighted by atomic mass is 10.1. The first kappa shape index (κ1) is 7.95. The molecule has 0 aromatic carbocycles. The second-order valence-corrected chi connectivity index (χ2v) is 3.29. The van der Waals surface area contributed by atoms with E-state index < -0.39 is 0 Å². The van der Waals surface area contributed by atoms with Gasteiger partial charge in [0.1, 0.15) is 6.10 Å². The van der Waals surface area contributed by atoms with Crippen molar-refractivity contribution in [3.8, 4) is 0 Å². The van der Waals surface area contributed by atoms with Crippen LogP contribution < -0.4 is 0 Å². The van der Waals surface area contributed by atoms with Crippen LogP contribution in [0.1, 0.15) is 22.9 Å². The highest BCUT2D eigenvalue weighted by Gasteiger charge is 2.30. The molecule has 4 heteroatoms. The fourth-order valence-corrected chi connectivity index (χ4v) is 1.49. The average Bonchev–Trinajstić information content (AvgIpc) is 2.81. The number of ether oxygens (including phenoxy) is 1. The van der Waals surface area contributed by atoms with Crippen molar-refractivity contribution in [3.05, 3.63) is 22.0 Å². The minimum absolute atomic E-state index is 0.159. The van der Waals surface area contributed by atoms with Gasteiger partial charge in [0.05, 0.1) is 12.3 Å². The van der Waals surface area contributed by atoms with Crippen molar-refractivity contribution < 1.29 is 4.74 Å². The van der Waals surface area contributed by atoms with Crippen molar-refractivity contribution in [2.45, 2.75) is 20.0 Å². The molecule has 1 fully saturated rings. The predicted molar refractivity (Wildman–Crippen MR) is 45.2 cm³/mol. The normalized spacial score (nSPS) is 21.1. The van der Waals surface area contributed by atoms with Gasteiger partial charge in [0.15, 0.2) is 5.15 Å². The summed E-state index contributed by atoms with van der Waals surface area (Å²) in [4.78, 5) is 0. The Morgan fingerprint density at radius 3 is 2.67 bits per heavy atom. The zero-order valence-corrected chi connectivity index (χ0v) is 7.72. The largest absolute Gasteiger partial charge is 0.368 e. The van der Waals surface area contributed by atoms with Crippen LogP contribution in [0.2, 0.25) is 5.15 Å². The minimum atomic E-state index is 0.159. The van der Waals surface area contributed by atoms with Crippen LogP contribution in [0.25, 0.3) is 0 Å². The van der Waals surface area contributed by atoms with Gasteiger partial charge in [-0.25, -0.2) is 0 Å². The fraction of sp³-hybridized carbons (Fsp3) is 0.500. The lowest BCUT2D eigenvalue weighted by Crippen LogP contribution is -1.98. The summed E-state index contributed by atoms with van der Waals surface area (Å²) in [6, 6.07) is 0. The highest BCUT2D eigenvalue weighted by atomic mass is 35.5. The fourth-order valence-electron chi connectivity index (χ4n) is 1.19. The van der Waals surface area contributed by atoms with Crippen molar-refractivity contribution in [2.24, 2.45) is 0 Å². The predicted octanol–water partition coefficient (Wildman–Crippen LogP) is 1.82. The summed E-state index contributed by atoms with van der Waals surface area (Å²) >= 11 is 5.88. The third kappa shape index (κ3) is 1.19. The first-order chi connectivity index (χ1) is 5.70. The van der Waals surface area contributed by atoms with Gasteiger partial charge in [0.25, 0.3) is 0 Å². The van der Waals surface area contributed by atoms with E-state index in [1.165, 1.54) is 0 Å². The van der Waals surface area contributed by atoms with Crippen LogP contribution in [0.15, 0.2) is 0 Å². The molecule has 1 atom stereocenters. The maximum absolute atomic E-state index is 5.88. The highest BCUT2D eigenvalue weighted by Crippen LogP contribution is 2.36. The third-order valence-electron chi connectivity index (χ3n) is 2.11. The van der Waals surface area contributed by atoms with Crippen molar-refractivity contribution >= 4 is 11.6 Å². The number of hydrogen-bond acceptors (Lipinski definition) is 3. The van der Waals surface area contributed by atoms with Crippen molar-refractivity contribution in [3.63, 3.8) is 0 Å². The van der Waals surface area contributed by atoms with Crippen LogP contribution in [0.3, 0.4) is 0 Å². The Morgan fingerprint density at radius 2 is 2.08 bits per heavy atom. The number of halogens is 1. The van der Waals surface area contributed by atoms with Gasteiger partial charge in [-0.15, -0.1) is 5.10 Å². The molecule has 1 aromatic heterocycles. The molecule has 12 heavy (non-hydrogen) atoms. The molecule has 64 valence electrons. The van der Waals surface area contributed by atoms with E-state index in [1.54, 1.807) is 0 Å². The van der Waals surface area contributed by atoms with Crippen LogP contribution in [0.5, 0.6) is 0 Å². The number of aromatic nitrogens is 2. The van der Waals surface area contributed by atoms with E-state index in [0.29, 0.717) is 5.15 Å². The number of nitrogens with zero attached hydrogens (tertiary/aromatic N) is 2. The maximum atomic E-state index is 5.88. The molecule has 0 radical (unpaired) electrons. The summed E-state index contributed by atoms with van der Waals surface area (Å²) in [6.45, 7) is 4.67. The second kappa shape index (κ2) is 2.68. The van der Waals surface area contributed by atoms with Gasteiger partial charge in [0, 0.05) is 5.56 Å². The standard InChI is InChI=1S/C8H9ClN2O/c1-4-5(2)10-11-8(9)7(4)6-3-12-6/h6H,3H2,1-2H3/t6-/m0/s1. The summed E-state index contributed by atoms with van der Waals surface area (Å²) < 4.78 is 5.16. The Bertz CT molecular complexity index is 323. The number of aryl methyl sites for hydroxylation is 1. The van der Waals surface area contributed by atoms with Gasteiger partial charge in [-0.1, -0.05) is 11.6 Å². The van der Waals surface area contributed by atoms with Crippen LogP contribution in [-0.2, 0) is 4.74 Å². The Balaban J connectivity index is 2.55. The summed E-state index contributed by atoms with van der Waals surface area (Å²) in [5.41, 5.74) is 3.02. The molecule has 1 aromatic rings. The van der Waals surface area contributed by atoms with E-state index in [4.69, 9.17) is 16.3 Å². The van der Waals surface area contributed by atoms with Crippen molar-refractivity contribution in [1.82, 2.24) is 10.2 Å². The van der Waals surface area contributed by atoms with Gasteiger partial charge in [-0.05, 0) is 19.4 Å². The van der Waals surface area contributed by atoms with E-state index in [1.807, 2.05) is 13.8 Å². The number of epoxide rings is 1. The van der Waals surface area contributed by atoms with E-state index in [0.717, 1.165) is 23.4 Å². The molecule has 0 unspecified atom stereocenters. The Morgan fingerprint density at radius 1 is 1.42 bits per heavy atom. The Labute approximate surface area is 75.7 Å². The highest BCUT2D eigenvalue weighted by molar-refractivity contribution is 6.30. The molecule has 0 saturated carbocycles. The maximum Gasteiger partial charge on any atom is 0.157 e. The molecule has 2 heterocycles. The zero-order valence-electron chi connectivity index (χ0n) is 6.97. The molecule has 1 aliphatic rings. The van der Waals surface area contributed by atoms with Gasteiger partial charge in [0.2, 0.25) is 0 Å². The van der Waals surface area contributed by atoms with Crippen LogP contribution in [-0.4, -0.2) is 16.8 Å². The molecule has 0 N–H and O–H groups in total. The molecule has 0 bridgehead atoms. The van der Waals surface area contributed by atoms with Gasteiger partial charge >= 0.3 is 0 Å². The summed E-state index contributed by atoms with van der Waals surface area (Å²) in [7, 11) is 0. The van der Waals surface area contributed by atoms with E-state index in [-0.39, 0.29) is 6.10 Å². The van der Waals surface area contributed by atoms with Crippen molar-refractivity contribution in [1.29, 1.82) is 0 Å². The SMILES string of the molecule is Cc1nnc(Cl)c([C@@H]2CO2)c1C. The molecule has 0 spiro atoms. The lowest BCUT2D eigenvalue weighted by Gasteiger charge is -2.05. The molecule has 0 aliphatic carbocycles. The number of hydrogen-bond donors (Lipinski definition) is 0. The van der Waals surface area contributed by atoms with Crippen LogP contribution in [0.4, 0.5) is 0 Å². The Kier molecular flexibility index (Phi) is 1.77. The summed E-state index contributed by atoms with van der Waals surface area (Å²) in [5, 5.41) is 8.22. The van der Waals surface area contributed by atoms with Gasteiger partial charge in [-0.2, -0.15) is 5.10 Å². The minimum Gasteiger partial charge on any atom is -0.368 e. The quantitative estimate of drug-likeness (QED) is 0.625. The smallest absolute Gasteiger partial charge is 0.157 e. The van der Waals surface area contributed by atoms with Gasteiger partial charge < -0.3 is 4.74 Å². The Hall–Kier alpha value is -0.670. The van der Waals surface area contributed by atoms with Crippen LogP contribution in [0, 0.1) is 13.8 Å². The zero-order chi connectivity index (χ0) is 8.72. The average molecular weight is 185 g/mol. The summed E-state index contributed by atoms with van der Waals surface area (Å²) in [6.07, 6.45) is 0.159. The number of rotatable bonds is 1. The molecule has 1 saturated heterocycles. The topological polar surface area (TPSA) is 38.3 Å². The second-order valence-electron chi connectivity index (χ2n) is 2.94. The molecule has 1 aliphatic heterocycles. The molecular formula is C8H9ClN2O. The molecule has 0 amide bonds. The first-order valence-electron chi connectivity index (χ1n) is 3.81. The molecule has 2 rings (SSSR count). The first-order valence-corrected chi connectivity index (χ1v) is 4.19. The van der Waals surface area contributed by atoms with Crippen LogP contribution >= 0.6 is 11.6 Å². The van der Waals surface area contributed by atoms with Crippen molar-refractivity contribution in [2.75, 3.05) is 6.61 Å². The van der Waals surface area contributed by atoms with E-state index in [2.05, 4.69) is 10.2 Å². The molecular weight excluding hydrogens is 176 g/mol. The third-order valence-corrected chi connectivity index (χ3v) is 2.39. The van der Waals surface area contributed by atoms with Gasteiger partial charge in [-0.3, -0.25) is 0 Å². The van der Waals surface area contributed by atoms with E-state index >= 15 is 0 Å². The monoisotopic (exact) mass is 184 g/mol. The summed E-state index contributed by atoms with van der Waals surface area (Å²) in [5.74, 6) is 0. The molecule has 3 nitrogen and oxygen atoms in total.